The number of methoxy groups -OCH3 is 1. The first kappa shape index (κ1) is 15.9. The Hall–Kier alpha value is -2.50. The lowest BCUT2D eigenvalue weighted by molar-refractivity contribution is 0.238. The number of aromatic nitrogens is 2. The normalized spacial score (nSPS) is 11.7. The van der Waals surface area contributed by atoms with Gasteiger partial charge in [0.15, 0.2) is 0 Å². The van der Waals surface area contributed by atoms with Crippen LogP contribution in [0.5, 0.6) is 5.75 Å². The number of hydrogen-bond acceptors (Lipinski definition) is 3. The third kappa shape index (κ3) is 5.12. The Bertz CT molecular complexity index is 584. The molecule has 0 bridgehead atoms. The summed E-state index contributed by atoms with van der Waals surface area (Å²) in [4.78, 5) is 11.8. The third-order valence-corrected chi connectivity index (χ3v) is 3.26. The standard InChI is InChI=1S/C16H22N4O2/c1-13(12-20-8-4-7-19-20)10-17-16(21)18-11-14-5-3-6-15(9-14)22-2/h3-9,13H,10-12H2,1-2H3,(H2,17,18,21). The molecule has 6 heteroatoms. The number of rotatable bonds is 7. The van der Waals surface area contributed by atoms with Crippen molar-refractivity contribution in [2.45, 2.75) is 20.0 Å². The molecule has 1 unspecified atom stereocenters. The summed E-state index contributed by atoms with van der Waals surface area (Å²) < 4.78 is 7.02. The van der Waals surface area contributed by atoms with E-state index >= 15 is 0 Å². The van der Waals surface area contributed by atoms with E-state index in [2.05, 4.69) is 22.7 Å². The van der Waals surface area contributed by atoms with Gasteiger partial charge in [-0.2, -0.15) is 5.10 Å². The lowest BCUT2D eigenvalue weighted by Crippen LogP contribution is -2.38. The van der Waals surface area contributed by atoms with E-state index in [0.29, 0.717) is 19.0 Å². The number of ether oxygens (including phenoxy) is 1. The van der Waals surface area contributed by atoms with Crippen molar-refractivity contribution in [1.29, 1.82) is 0 Å². The highest BCUT2D eigenvalue weighted by atomic mass is 16.5. The van der Waals surface area contributed by atoms with Crippen molar-refractivity contribution in [2.24, 2.45) is 5.92 Å². The molecule has 2 amide bonds. The van der Waals surface area contributed by atoms with E-state index in [9.17, 15) is 4.79 Å². The second-order valence-electron chi connectivity index (χ2n) is 5.25. The lowest BCUT2D eigenvalue weighted by Gasteiger charge is -2.13. The Morgan fingerprint density at radius 1 is 1.36 bits per heavy atom. The van der Waals surface area contributed by atoms with Crippen molar-refractivity contribution in [3.05, 3.63) is 48.3 Å². The van der Waals surface area contributed by atoms with E-state index in [-0.39, 0.29) is 6.03 Å². The largest absolute Gasteiger partial charge is 0.497 e. The summed E-state index contributed by atoms with van der Waals surface area (Å²) in [5, 5.41) is 9.86. The van der Waals surface area contributed by atoms with Gasteiger partial charge in [0.1, 0.15) is 5.75 Å². The summed E-state index contributed by atoms with van der Waals surface area (Å²) in [6.45, 7) is 3.92. The van der Waals surface area contributed by atoms with Crippen LogP contribution in [-0.4, -0.2) is 29.5 Å². The van der Waals surface area contributed by atoms with Gasteiger partial charge in [-0.05, 0) is 29.7 Å². The van der Waals surface area contributed by atoms with Gasteiger partial charge in [0, 0.05) is 32.0 Å². The number of carbonyl (C=O) groups excluding carboxylic acids is 1. The number of carbonyl (C=O) groups is 1. The topological polar surface area (TPSA) is 68.2 Å². The van der Waals surface area contributed by atoms with Crippen LogP contribution in [0.4, 0.5) is 4.79 Å². The molecule has 0 radical (unpaired) electrons. The molecule has 2 rings (SSSR count). The Kier molecular flexibility index (Phi) is 5.82. The summed E-state index contributed by atoms with van der Waals surface area (Å²) in [5.41, 5.74) is 0.999. The highest BCUT2D eigenvalue weighted by molar-refractivity contribution is 5.73. The first-order valence-corrected chi connectivity index (χ1v) is 7.29. The van der Waals surface area contributed by atoms with Crippen LogP contribution >= 0.6 is 0 Å². The molecule has 0 spiro atoms. The molecule has 0 aliphatic rings. The molecular formula is C16H22N4O2. The van der Waals surface area contributed by atoms with E-state index in [1.54, 1.807) is 13.3 Å². The predicted molar refractivity (Wildman–Crippen MR) is 84.6 cm³/mol. The number of benzene rings is 1. The summed E-state index contributed by atoms with van der Waals surface area (Å²) >= 11 is 0. The van der Waals surface area contributed by atoms with Gasteiger partial charge in [0.2, 0.25) is 0 Å². The van der Waals surface area contributed by atoms with Crippen molar-refractivity contribution in [3.8, 4) is 5.75 Å². The molecule has 0 aliphatic carbocycles. The number of amides is 2. The number of hydrogen-bond donors (Lipinski definition) is 2. The maximum Gasteiger partial charge on any atom is 0.315 e. The average molecular weight is 302 g/mol. The predicted octanol–water partition coefficient (Wildman–Crippen LogP) is 2.03. The Labute approximate surface area is 130 Å². The molecule has 2 N–H and O–H groups in total. The van der Waals surface area contributed by atoms with E-state index in [1.165, 1.54) is 0 Å². The molecule has 6 nitrogen and oxygen atoms in total. The molecule has 118 valence electrons. The second kappa shape index (κ2) is 8.07. The Morgan fingerprint density at radius 2 is 2.23 bits per heavy atom. The monoisotopic (exact) mass is 302 g/mol. The minimum Gasteiger partial charge on any atom is -0.497 e. The number of nitrogens with zero attached hydrogens (tertiary/aromatic N) is 2. The quantitative estimate of drug-likeness (QED) is 0.822. The zero-order valence-electron chi connectivity index (χ0n) is 13.0. The van der Waals surface area contributed by atoms with Crippen molar-refractivity contribution >= 4 is 6.03 Å². The number of urea groups is 1. The van der Waals surface area contributed by atoms with Crippen LogP contribution in [0.15, 0.2) is 42.7 Å². The fourth-order valence-electron chi connectivity index (χ4n) is 2.09. The zero-order chi connectivity index (χ0) is 15.8. The van der Waals surface area contributed by atoms with Gasteiger partial charge in [-0.15, -0.1) is 0 Å². The average Bonchev–Trinajstić information content (AvgIpc) is 3.04. The van der Waals surface area contributed by atoms with Gasteiger partial charge in [0.05, 0.1) is 7.11 Å². The van der Waals surface area contributed by atoms with Crippen molar-refractivity contribution in [1.82, 2.24) is 20.4 Å². The maximum absolute atomic E-state index is 11.8. The molecule has 0 saturated heterocycles. The van der Waals surface area contributed by atoms with E-state index in [1.807, 2.05) is 41.2 Å². The molecule has 22 heavy (non-hydrogen) atoms. The number of nitrogens with one attached hydrogen (secondary N) is 2. The summed E-state index contributed by atoms with van der Waals surface area (Å²) in [6, 6.07) is 9.35. The molecule has 1 heterocycles. The molecular weight excluding hydrogens is 280 g/mol. The smallest absolute Gasteiger partial charge is 0.315 e. The minimum absolute atomic E-state index is 0.171. The van der Waals surface area contributed by atoms with Crippen LogP contribution in [0.1, 0.15) is 12.5 Å². The van der Waals surface area contributed by atoms with Gasteiger partial charge in [-0.25, -0.2) is 4.79 Å². The minimum atomic E-state index is -0.171. The van der Waals surface area contributed by atoms with Crippen LogP contribution in [0, 0.1) is 5.92 Å². The highest BCUT2D eigenvalue weighted by Crippen LogP contribution is 2.11. The third-order valence-electron chi connectivity index (χ3n) is 3.26. The molecule has 0 fully saturated rings. The van der Waals surface area contributed by atoms with Crippen molar-refractivity contribution in [3.63, 3.8) is 0 Å². The summed E-state index contributed by atoms with van der Waals surface area (Å²) in [7, 11) is 1.63. The fraction of sp³-hybridized carbons (Fsp3) is 0.375. The van der Waals surface area contributed by atoms with Crippen molar-refractivity contribution < 1.29 is 9.53 Å². The maximum atomic E-state index is 11.8. The molecule has 0 aliphatic heterocycles. The van der Waals surface area contributed by atoms with E-state index in [0.717, 1.165) is 17.9 Å². The van der Waals surface area contributed by atoms with Crippen molar-refractivity contribution in [2.75, 3.05) is 13.7 Å². The molecule has 0 saturated carbocycles. The molecule has 1 atom stereocenters. The SMILES string of the molecule is COc1cccc(CNC(=O)NCC(C)Cn2cccn2)c1. The molecule has 1 aromatic heterocycles. The fourth-order valence-corrected chi connectivity index (χ4v) is 2.09. The highest BCUT2D eigenvalue weighted by Gasteiger charge is 2.06. The van der Waals surface area contributed by atoms with Gasteiger partial charge >= 0.3 is 6.03 Å². The van der Waals surface area contributed by atoms with Gasteiger partial charge in [0.25, 0.3) is 0 Å². The van der Waals surface area contributed by atoms with Gasteiger partial charge in [-0.3, -0.25) is 4.68 Å². The summed E-state index contributed by atoms with van der Waals surface area (Å²) in [6.07, 6.45) is 3.67. The van der Waals surface area contributed by atoms with Gasteiger partial charge < -0.3 is 15.4 Å². The molecule has 1 aromatic carbocycles. The summed E-state index contributed by atoms with van der Waals surface area (Å²) in [5.74, 6) is 1.09. The van der Waals surface area contributed by atoms with Crippen LogP contribution in [0.2, 0.25) is 0 Å². The first-order valence-electron chi connectivity index (χ1n) is 7.29. The van der Waals surface area contributed by atoms with Gasteiger partial charge in [-0.1, -0.05) is 19.1 Å². The Morgan fingerprint density at radius 3 is 2.95 bits per heavy atom. The molecule has 2 aromatic rings. The van der Waals surface area contributed by atoms with Crippen LogP contribution in [-0.2, 0) is 13.1 Å². The van der Waals surface area contributed by atoms with Crippen LogP contribution in [0.25, 0.3) is 0 Å². The second-order valence-corrected chi connectivity index (χ2v) is 5.25. The lowest BCUT2D eigenvalue weighted by atomic mass is 10.2. The zero-order valence-corrected chi connectivity index (χ0v) is 13.0. The Balaban J connectivity index is 1.69. The van der Waals surface area contributed by atoms with Crippen LogP contribution < -0.4 is 15.4 Å². The van der Waals surface area contributed by atoms with Crippen LogP contribution in [0.3, 0.4) is 0 Å². The first-order chi connectivity index (χ1) is 10.7. The van der Waals surface area contributed by atoms with E-state index in [4.69, 9.17) is 4.74 Å². The van der Waals surface area contributed by atoms with E-state index < -0.39 is 0 Å².